The fraction of sp³-hybridized carbons (Fsp3) is 0.667. The maximum absolute atomic E-state index is 10.2. The standard InChI is InChI=1S/C3H8O6S2.C3H6/c1-2-3(10(4,5)6)11(7,8)9;1-3-2/h3H,2H2,1H3,(H,4,5,6)(H,7,8,9);3H,1H2,2H3. The van der Waals surface area contributed by atoms with Gasteiger partial charge >= 0.3 is 0 Å². The van der Waals surface area contributed by atoms with E-state index in [9.17, 15) is 16.8 Å². The Morgan fingerprint density at radius 2 is 1.43 bits per heavy atom. The van der Waals surface area contributed by atoms with Crippen molar-refractivity contribution in [1.82, 2.24) is 0 Å². The summed E-state index contributed by atoms with van der Waals surface area (Å²) in [5.74, 6) is 0. The van der Waals surface area contributed by atoms with Crippen LogP contribution >= 0.6 is 0 Å². The van der Waals surface area contributed by atoms with Gasteiger partial charge in [0, 0.05) is 0 Å². The number of rotatable bonds is 3. The third-order valence-electron chi connectivity index (χ3n) is 0.998. The van der Waals surface area contributed by atoms with Crippen molar-refractivity contribution in [2.45, 2.75) is 24.9 Å². The summed E-state index contributed by atoms with van der Waals surface area (Å²) < 4.78 is 55.3. The van der Waals surface area contributed by atoms with Crippen LogP contribution in [0, 0.1) is 0 Å². The van der Waals surface area contributed by atoms with E-state index >= 15 is 0 Å². The Kier molecular flexibility index (Phi) is 7.00. The van der Waals surface area contributed by atoms with E-state index in [-0.39, 0.29) is 0 Å². The second-order valence-electron chi connectivity index (χ2n) is 2.28. The zero-order valence-corrected chi connectivity index (χ0v) is 9.55. The molecule has 0 saturated carbocycles. The average molecular weight is 246 g/mol. The van der Waals surface area contributed by atoms with Crippen molar-refractivity contribution >= 4 is 20.2 Å². The summed E-state index contributed by atoms with van der Waals surface area (Å²) in [6.45, 7) is 6.46. The topological polar surface area (TPSA) is 109 Å². The Morgan fingerprint density at radius 3 is 1.43 bits per heavy atom. The molecule has 0 rings (SSSR count). The molecule has 0 aliphatic heterocycles. The van der Waals surface area contributed by atoms with E-state index in [1.165, 1.54) is 6.92 Å². The van der Waals surface area contributed by atoms with Gasteiger partial charge in [0.1, 0.15) is 0 Å². The third kappa shape index (κ3) is 7.01. The molecule has 8 heteroatoms. The predicted octanol–water partition coefficient (Wildman–Crippen LogP) is 0.690. The molecule has 0 bridgehead atoms. The molecule has 0 unspecified atom stereocenters. The van der Waals surface area contributed by atoms with Gasteiger partial charge in [-0.1, -0.05) is 13.0 Å². The average Bonchev–Trinajstić information content (AvgIpc) is 1.82. The fourth-order valence-electron chi connectivity index (χ4n) is 0.575. The Morgan fingerprint density at radius 1 is 1.21 bits per heavy atom. The molecule has 0 aliphatic rings. The van der Waals surface area contributed by atoms with Gasteiger partial charge in [-0.15, -0.1) is 6.58 Å². The maximum atomic E-state index is 10.2. The summed E-state index contributed by atoms with van der Waals surface area (Å²) in [5.41, 5.74) is 0. The lowest BCUT2D eigenvalue weighted by Crippen LogP contribution is -2.28. The minimum absolute atomic E-state index is 0.391. The molecule has 2 N–H and O–H groups in total. The molecule has 0 amide bonds. The predicted molar refractivity (Wildman–Crippen MR) is 53.0 cm³/mol. The van der Waals surface area contributed by atoms with Gasteiger partial charge in [-0.25, -0.2) is 0 Å². The molecule has 0 heterocycles. The summed E-state index contributed by atoms with van der Waals surface area (Å²) in [6, 6.07) is 0. The second-order valence-corrected chi connectivity index (χ2v) is 5.77. The molecule has 0 atom stereocenters. The van der Waals surface area contributed by atoms with E-state index < -0.39 is 31.2 Å². The largest absolute Gasteiger partial charge is 0.284 e. The van der Waals surface area contributed by atoms with Gasteiger partial charge in [0.2, 0.25) is 4.58 Å². The molecule has 0 aromatic carbocycles. The van der Waals surface area contributed by atoms with E-state index in [0.29, 0.717) is 0 Å². The fourth-order valence-corrected chi connectivity index (χ4v) is 2.65. The molecule has 0 radical (unpaired) electrons. The summed E-state index contributed by atoms with van der Waals surface area (Å²) in [5, 5.41) is 0. The lowest BCUT2D eigenvalue weighted by Gasteiger charge is -2.05. The van der Waals surface area contributed by atoms with Crippen LogP contribution in [0.3, 0.4) is 0 Å². The summed E-state index contributed by atoms with van der Waals surface area (Å²) in [4.78, 5) is 0. The third-order valence-corrected chi connectivity index (χ3v) is 4.45. The van der Waals surface area contributed by atoms with Crippen molar-refractivity contribution in [3.8, 4) is 0 Å². The van der Waals surface area contributed by atoms with Crippen molar-refractivity contribution in [3.05, 3.63) is 12.7 Å². The van der Waals surface area contributed by atoms with Crippen LogP contribution in [0.4, 0.5) is 0 Å². The van der Waals surface area contributed by atoms with Crippen LogP contribution in [0.25, 0.3) is 0 Å². The van der Waals surface area contributed by atoms with E-state index in [1.807, 2.05) is 6.92 Å². The first-order valence-electron chi connectivity index (χ1n) is 3.60. The summed E-state index contributed by atoms with van der Waals surface area (Å²) >= 11 is 0. The smallest absolute Gasteiger partial charge is 0.284 e. The van der Waals surface area contributed by atoms with Crippen LogP contribution in [-0.2, 0) is 20.2 Å². The highest BCUT2D eigenvalue weighted by atomic mass is 32.3. The number of hydrogen-bond donors (Lipinski definition) is 2. The monoisotopic (exact) mass is 246 g/mol. The van der Waals surface area contributed by atoms with E-state index in [4.69, 9.17) is 9.11 Å². The van der Waals surface area contributed by atoms with Crippen LogP contribution in [-0.4, -0.2) is 30.5 Å². The minimum atomic E-state index is -4.71. The van der Waals surface area contributed by atoms with Gasteiger partial charge in [-0.2, -0.15) is 16.8 Å². The summed E-state index contributed by atoms with van der Waals surface area (Å²) in [6.07, 6.45) is 1.36. The normalized spacial score (nSPS) is 11.8. The highest BCUT2D eigenvalue weighted by molar-refractivity contribution is 8.03. The van der Waals surface area contributed by atoms with E-state index in [1.54, 1.807) is 6.08 Å². The molecule has 0 fully saturated rings. The van der Waals surface area contributed by atoms with Gasteiger partial charge in [0.05, 0.1) is 0 Å². The molecule has 14 heavy (non-hydrogen) atoms. The first kappa shape index (κ1) is 16.0. The van der Waals surface area contributed by atoms with Gasteiger partial charge in [-0.05, 0) is 13.3 Å². The maximum Gasteiger partial charge on any atom is 0.284 e. The van der Waals surface area contributed by atoms with Gasteiger partial charge in [-0.3, -0.25) is 9.11 Å². The van der Waals surface area contributed by atoms with Gasteiger partial charge < -0.3 is 0 Å². The van der Waals surface area contributed by atoms with Crippen LogP contribution in [0.1, 0.15) is 20.3 Å². The van der Waals surface area contributed by atoms with Crippen molar-refractivity contribution in [3.63, 3.8) is 0 Å². The minimum Gasteiger partial charge on any atom is -0.284 e. The quantitative estimate of drug-likeness (QED) is 0.560. The van der Waals surface area contributed by atoms with E-state index in [0.717, 1.165) is 0 Å². The first-order valence-corrected chi connectivity index (χ1v) is 6.61. The lowest BCUT2D eigenvalue weighted by atomic mass is 10.6. The van der Waals surface area contributed by atoms with Gasteiger partial charge in [0.25, 0.3) is 20.2 Å². The Bertz CT molecular complexity index is 320. The SMILES string of the molecule is C=CC.CCC(S(=O)(=O)O)S(=O)(=O)O. The molecule has 0 aromatic heterocycles. The van der Waals surface area contributed by atoms with E-state index in [2.05, 4.69) is 6.58 Å². The van der Waals surface area contributed by atoms with Crippen LogP contribution in [0.5, 0.6) is 0 Å². The Balaban J connectivity index is 0. The second kappa shape index (κ2) is 6.12. The van der Waals surface area contributed by atoms with Crippen LogP contribution in [0.2, 0.25) is 0 Å². The molecule has 0 saturated heterocycles. The Hall–Kier alpha value is -0.440. The highest BCUT2D eigenvalue weighted by Crippen LogP contribution is 2.09. The molecular weight excluding hydrogens is 232 g/mol. The van der Waals surface area contributed by atoms with Gasteiger partial charge in [0.15, 0.2) is 0 Å². The molecular formula is C6H14O6S2. The Labute approximate surface area is 84.1 Å². The molecule has 86 valence electrons. The first-order chi connectivity index (χ1) is 6.11. The zero-order chi connectivity index (χ0) is 12.0. The molecule has 6 nitrogen and oxygen atoms in total. The summed E-state index contributed by atoms with van der Waals surface area (Å²) in [7, 11) is -9.42. The van der Waals surface area contributed by atoms with Crippen molar-refractivity contribution < 1.29 is 25.9 Å². The number of hydrogen-bond acceptors (Lipinski definition) is 4. The van der Waals surface area contributed by atoms with Crippen molar-refractivity contribution in [1.29, 1.82) is 0 Å². The zero-order valence-electron chi connectivity index (χ0n) is 7.91. The molecule has 0 aliphatic carbocycles. The molecule has 0 aromatic rings. The van der Waals surface area contributed by atoms with Crippen LogP contribution < -0.4 is 0 Å². The lowest BCUT2D eigenvalue weighted by molar-refractivity contribution is 0.453. The number of allylic oxidation sites excluding steroid dienone is 1. The van der Waals surface area contributed by atoms with Crippen molar-refractivity contribution in [2.24, 2.45) is 0 Å². The molecule has 0 spiro atoms. The highest BCUT2D eigenvalue weighted by Gasteiger charge is 2.33. The van der Waals surface area contributed by atoms with Crippen LogP contribution in [0.15, 0.2) is 12.7 Å². The van der Waals surface area contributed by atoms with Crippen molar-refractivity contribution in [2.75, 3.05) is 0 Å².